The van der Waals surface area contributed by atoms with Crippen LogP contribution < -0.4 is 0 Å². The van der Waals surface area contributed by atoms with Crippen LogP contribution in [0.15, 0.2) is 48.9 Å². The summed E-state index contributed by atoms with van der Waals surface area (Å²) < 4.78 is 44.7. The summed E-state index contributed by atoms with van der Waals surface area (Å²) in [6.07, 6.45) is -1.07. The number of halogens is 3. The second-order valence-corrected chi connectivity index (χ2v) is 5.70. The first-order chi connectivity index (χ1) is 12.9. The Hall–Kier alpha value is -3.49. The molecule has 0 aliphatic carbocycles. The van der Waals surface area contributed by atoms with E-state index < -0.39 is 17.8 Å². The topological polar surface area (TPSA) is 69.4 Å². The van der Waals surface area contributed by atoms with E-state index in [1.807, 2.05) is 4.40 Å². The van der Waals surface area contributed by atoms with Crippen molar-refractivity contribution in [2.45, 2.75) is 6.18 Å². The second-order valence-electron chi connectivity index (χ2n) is 5.70. The van der Waals surface area contributed by atoms with E-state index in [0.717, 1.165) is 11.7 Å². The third-order valence-corrected chi connectivity index (χ3v) is 4.06. The van der Waals surface area contributed by atoms with Gasteiger partial charge in [0.05, 0.1) is 41.6 Å². The van der Waals surface area contributed by atoms with Crippen LogP contribution in [0.4, 0.5) is 13.2 Å². The van der Waals surface area contributed by atoms with Gasteiger partial charge in [-0.3, -0.25) is 4.98 Å². The average molecular weight is 372 g/mol. The van der Waals surface area contributed by atoms with E-state index in [-0.39, 0.29) is 5.69 Å². The molecule has 0 radical (unpaired) electrons. The number of aromatic nitrogens is 4. The van der Waals surface area contributed by atoms with Crippen molar-refractivity contribution in [3.05, 3.63) is 60.2 Å². The number of carbonyl (C=O) groups excluding carboxylic acids is 1. The number of methoxy groups -OCH3 is 1. The third-order valence-electron chi connectivity index (χ3n) is 4.06. The zero-order valence-corrected chi connectivity index (χ0v) is 13.9. The largest absolute Gasteiger partial charge is 0.465 e. The fourth-order valence-corrected chi connectivity index (χ4v) is 2.81. The highest BCUT2D eigenvalue weighted by Crippen LogP contribution is 2.29. The number of nitrogens with zero attached hydrogens (tertiary/aromatic N) is 4. The number of hydrogen-bond acceptors (Lipinski definition) is 5. The standard InChI is InChI=1S/C18H11F3N4O2/c1-27-17(26)10-4-5-13-11(7-10)24-16(14-3-2-6-25(13)14)12-8-23-15(9-22-12)18(19,20)21/h2-9H,1H3. The first-order valence-corrected chi connectivity index (χ1v) is 7.77. The Labute approximate surface area is 150 Å². The van der Waals surface area contributed by atoms with Gasteiger partial charge in [0.25, 0.3) is 0 Å². The Morgan fingerprint density at radius 3 is 2.59 bits per heavy atom. The predicted molar refractivity (Wildman–Crippen MR) is 90.1 cm³/mol. The number of fused-ring (bicyclic) bond motifs is 3. The lowest BCUT2D eigenvalue weighted by Crippen LogP contribution is -2.08. The highest BCUT2D eigenvalue weighted by atomic mass is 19.4. The molecule has 0 saturated carbocycles. The van der Waals surface area contributed by atoms with Crippen molar-refractivity contribution >= 4 is 22.5 Å². The highest BCUT2D eigenvalue weighted by Gasteiger charge is 2.32. The maximum absolute atomic E-state index is 12.7. The van der Waals surface area contributed by atoms with Crippen molar-refractivity contribution in [2.75, 3.05) is 7.11 Å². The molecule has 1 aromatic carbocycles. The number of rotatable bonds is 2. The van der Waals surface area contributed by atoms with Crippen LogP contribution in [-0.2, 0) is 10.9 Å². The molecule has 4 aromatic rings. The number of benzene rings is 1. The van der Waals surface area contributed by atoms with Gasteiger partial charge in [0.15, 0.2) is 5.69 Å². The summed E-state index contributed by atoms with van der Waals surface area (Å²) in [5, 5.41) is 0. The van der Waals surface area contributed by atoms with E-state index in [1.54, 1.807) is 36.5 Å². The second kappa shape index (κ2) is 6.04. The zero-order chi connectivity index (χ0) is 19.2. The van der Waals surface area contributed by atoms with Crippen LogP contribution in [0, 0.1) is 0 Å². The Kier molecular flexibility index (Phi) is 3.79. The van der Waals surface area contributed by atoms with Crippen molar-refractivity contribution in [2.24, 2.45) is 0 Å². The van der Waals surface area contributed by atoms with Crippen LogP contribution in [0.2, 0.25) is 0 Å². The van der Waals surface area contributed by atoms with Gasteiger partial charge in [-0.2, -0.15) is 13.2 Å². The minimum atomic E-state index is -4.57. The van der Waals surface area contributed by atoms with Gasteiger partial charge < -0.3 is 9.14 Å². The summed E-state index contributed by atoms with van der Waals surface area (Å²) in [5.41, 5.74) is 1.64. The van der Waals surface area contributed by atoms with Gasteiger partial charge >= 0.3 is 12.1 Å². The summed E-state index contributed by atoms with van der Waals surface area (Å²) in [7, 11) is 1.28. The molecule has 0 fully saturated rings. The Morgan fingerprint density at radius 1 is 1.11 bits per heavy atom. The van der Waals surface area contributed by atoms with Gasteiger partial charge in [0, 0.05) is 6.20 Å². The van der Waals surface area contributed by atoms with Crippen LogP contribution in [0.1, 0.15) is 16.1 Å². The fraction of sp³-hybridized carbons (Fsp3) is 0.111. The smallest absolute Gasteiger partial charge is 0.434 e. The summed E-state index contributed by atoms with van der Waals surface area (Å²) in [5.74, 6) is -0.512. The number of ether oxygens (including phenoxy) is 1. The molecule has 0 aliphatic heterocycles. The molecule has 4 rings (SSSR count). The minimum Gasteiger partial charge on any atom is -0.465 e. The van der Waals surface area contributed by atoms with Crippen molar-refractivity contribution in [1.82, 2.24) is 19.4 Å². The molecule has 0 amide bonds. The molecule has 9 heteroatoms. The summed E-state index contributed by atoms with van der Waals surface area (Å²) in [6.45, 7) is 0. The summed E-state index contributed by atoms with van der Waals surface area (Å²) in [4.78, 5) is 23.6. The molecule has 136 valence electrons. The van der Waals surface area contributed by atoms with Gasteiger partial charge in [0.1, 0.15) is 11.4 Å². The summed E-state index contributed by atoms with van der Waals surface area (Å²) in [6, 6.07) is 8.46. The molecule has 0 atom stereocenters. The monoisotopic (exact) mass is 372 g/mol. The van der Waals surface area contributed by atoms with Gasteiger partial charge in [-0.05, 0) is 30.3 Å². The average Bonchev–Trinajstić information content (AvgIpc) is 3.15. The van der Waals surface area contributed by atoms with Crippen molar-refractivity contribution in [3.63, 3.8) is 0 Å². The van der Waals surface area contributed by atoms with Gasteiger partial charge in [0.2, 0.25) is 0 Å². The van der Waals surface area contributed by atoms with E-state index in [0.29, 0.717) is 28.5 Å². The molecule has 0 N–H and O–H groups in total. The molecule has 0 unspecified atom stereocenters. The van der Waals surface area contributed by atoms with E-state index in [2.05, 4.69) is 15.0 Å². The van der Waals surface area contributed by atoms with Crippen LogP contribution in [-0.4, -0.2) is 32.4 Å². The Balaban J connectivity index is 1.93. The van der Waals surface area contributed by atoms with E-state index in [1.165, 1.54) is 7.11 Å². The molecule has 3 aromatic heterocycles. The third kappa shape index (κ3) is 2.86. The minimum absolute atomic E-state index is 0.192. The normalized spacial score (nSPS) is 11.9. The summed E-state index contributed by atoms with van der Waals surface area (Å²) >= 11 is 0. The van der Waals surface area contributed by atoms with Crippen molar-refractivity contribution in [1.29, 1.82) is 0 Å². The SMILES string of the molecule is COC(=O)c1ccc2c(c1)nc(-c1cnc(C(F)(F)F)cn1)c1cccn12. The Bertz CT molecular complexity index is 1170. The van der Waals surface area contributed by atoms with Crippen LogP contribution in [0.5, 0.6) is 0 Å². The zero-order valence-electron chi connectivity index (χ0n) is 13.9. The lowest BCUT2D eigenvalue weighted by atomic mass is 10.1. The van der Waals surface area contributed by atoms with Crippen LogP contribution >= 0.6 is 0 Å². The van der Waals surface area contributed by atoms with Crippen molar-refractivity contribution < 1.29 is 22.7 Å². The molecule has 0 spiro atoms. The quantitative estimate of drug-likeness (QED) is 0.501. The van der Waals surface area contributed by atoms with Crippen molar-refractivity contribution in [3.8, 4) is 11.4 Å². The number of esters is 1. The van der Waals surface area contributed by atoms with Crippen LogP contribution in [0.25, 0.3) is 27.9 Å². The number of carbonyl (C=O) groups is 1. The molecule has 27 heavy (non-hydrogen) atoms. The Morgan fingerprint density at radius 2 is 1.93 bits per heavy atom. The number of alkyl halides is 3. The van der Waals surface area contributed by atoms with E-state index in [4.69, 9.17) is 4.74 Å². The first kappa shape index (κ1) is 17.0. The molecule has 0 aliphatic rings. The molecule has 0 bridgehead atoms. The highest BCUT2D eigenvalue weighted by molar-refractivity contribution is 5.95. The maximum atomic E-state index is 12.7. The molecular formula is C18H11F3N4O2. The lowest BCUT2D eigenvalue weighted by Gasteiger charge is -2.10. The van der Waals surface area contributed by atoms with Gasteiger partial charge in [-0.1, -0.05) is 0 Å². The van der Waals surface area contributed by atoms with Crippen LogP contribution in [0.3, 0.4) is 0 Å². The number of hydrogen-bond donors (Lipinski definition) is 0. The lowest BCUT2D eigenvalue weighted by molar-refractivity contribution is -0.141. The molecule has 3 heterocycles. The van der Waals surface area contributed by atoms with E-state index >= 15 is 0 Å². The molecule has 6 nitrogen and oxygen atoms in total. The first-order valence-electron chi connectivity index (χ1n) is 7.77. The van der Waals surface area contributed by atoms with Gasteiger partial charge in [-0.15, -0.1) is 0 Å². The van der Waals surface area contributed by atoms with E-state index in [9.17, 15) is 18.0 Å². The predicted octanol–water partition coefficient (Wildman–Crippen LogP) is 3.75. The molecular weight excluding hydrogens is 361 g/mol. The van der Waals surface area contributed by atoms with Gasteiger partial charge in [-0.25, -0.2) is 14.8 Å². The maximum Gasteiger partial charge on any atom is 0.434 e. The molecule has 0 saturated heterocycles. The fourth-order valence-electron chi connectivity index (χ4n) is 2.81.